The van der Waals surface area contributed by atoms with Crippen molar-refractivity contribution < 1.29 is 26.3 Å². The van der Waals surface area contributed by atoms with Gasteiger partial charge in [0, 0.05) is 56.4 Å². The molecule has 0 nitrogen and oxygen atoms in total. The Kier molecular flexibility index (Phi) is 7.03. The molecule has 0 saturated heterocycles. The van der Waals surface area contributed by atoms with Crippen LogP contribution in [0.25, 0.3) is 56.2 Å². The highest BCUT2D eigenvalue weighted by atomic mass is 32.1. The third kappa shape index (κ3) is 4.40. The highest BCUT2D eigenvalue weighted by Crippen LogP contribution is 2.67. The summed E-state index contributed by atoms with van der Waals surface area (Å²) in [7, 11) is 0. The minimum atomic E-state index is -5.66. The van der Waals surface area contributed by atoms with Gasteiger partial charge in [-0.1, -0.05) is 30.9 Å². The molecule has 1 aliphatic rings. The number of alkyl halides is 6. The van der Waals surface area contributed by atoms with Gasteiger partial charge in [-0.15, -0.1) is 68.0 Å². The lowest BCUT2D eigenvalue weighted by atomic mass is 9.94. The molecule has 1 aliphatic carbocycles. The van der Waals surface area contributed by atoms with Crippen LogP contribution in [0.3, 0.4) is 0 Å². The van der Waals surface area contributed by atoms with Gasteiger partial charge in [0.2, 0.25) is 0 Å². The standard InChI is InChI=1S/C31H16F6S6/c1-2-16-9-10-20(41-16)24-15-18(28(43-24)22-8-5-13-40-22)26-25(29(32,33)31(36,37)30(26,34)35)17-14-23(19-6-3-11-38-19)42-27(17)21-7-4-12-39-21/h2-15H,1H2. The predicted octanol–water partition coefficient (Wildman–Crippen LogP) is 13.2. The van der Waals surface area contributed by atoms with Crippen molar-refractivity contribution in [3.05, 3.63) is 99.4 Å². The Hall–Kier alpha value is -2.74. The summed E-state index contributed by atoms with van der Waals surface area (Å²) in [4.78, 5) is 4.85. The average Bonchev–Trinajstić information content (AvgIpc) is 3.82. The van der Waals surface area contributed by atoms with Crippen molar-refractivity contribution in [3.8, 4) is 39.0 Å². The van der Waals surface area contributed by atoms with Crippen LogP contribution in [0.2, 0.25) is 0 Å². The van der Waals surface area contributed by atoms with Crippen LogP contribution in [0.4, 0.5) is 26.3 Å². The SMILES string of the molecule is C=Cc1ccc(-c2cc(C3=C(c4cc(-c5cccs5)sc4-c4cccs4)C(F)(F)C(F)(F)C3(F)F)c(-c3cccs3)s2)s1. The van der Waals surface area contributed by atoms with Gasteiger partial charge in [-0.3, -0.25) is 0 Å². The third-order valence-corrected chi connectivity index (χ3v) is 13.7. The van der Waals surface area contributed by atoms with Crippen molar-refractivity contribution in [2.75, 3.05) is 0 Å². The second-order valence-corrected chi connectivity index (χ2v) is 15.6. The summed E-state index contributed by atoms with van der Waals surface area (Å²) in [5.41, 5.74) is -3.27. The van der Waals surface area contributed by atoms with Crippen LogP contribution in [0.1, 0.15) is 16.0 Å². The molecule has 0 aromatic carbocycles. The van der Waals surface area contributed by atoms with E-state index in [-0.39, 0.29) is 20.9 Å². The summed E-state index contributed by atoms with van der Waals surface area (Å²) >= 11 is 7.41. The van der Waals surface area contributed by atoms with Gasteiger partial charge in [-0.25, -0.2) is 0 Å². The monoisotopic (exact) mass is 694 g/mol. The number of rotatable bonds is 7. The van der Waals surface area contributed by atoms with E-state index in [4.69, 9.17) is 0 Å². The normalized spacial score (nSPS) is 17.2. The fourth-order valence-corrected chi connectivity index (χ4v) is 10.9. The fourth-order valence-electron chi connectivity index (χ4n) is 5.02. The summed E-state index contributed by atoms with van der Waals surface area (Å²) in [5.74, 6) is -16.0. The van der Waals surface area contributed by atoms with E-state index in [0.717, 1.165) is 32.4 Å². The van der Waals surface area contributed by atoms with Crippen LogP contribution in [0, 0.1) is 0 Å². The summed E-state index contributed by atoms with van der Waals surface area (Å²) in [6.07, 6.45) is 1.64. The van der Waals surface area contributed by atoms with Gasteiger partial charge in [0.25, 0.3) is 0 Å². The van der Waals surface area contributed by atoms with Gasteiger partial charge in [0.1, 0.15) is 0 Å². The molecule has 0 aliphatic heterocycles. The molecule has 6 aromatic rings. The Morgan fingerprint density at radius 3 is 1.42 bits per heavy atom. The van der Waals surface area contributed by atoms with E-state index < -0.39 is 28.9 Å². The first-order chi connectivity index (χ1) is 20.5. The number of hydrogen-bond donors (Lipinski definition) is 0. The lowest BCUT2D eigenvalue weighted by Gasteiger charge is -2.25. The summed E-state index contributed by atoms with van der Waals surface area (Å²) in [6, 6.07) is 16.6. The van der Waals surface area contributed by atoms with Crippen molar-refractivity contribution in [2.24, 2.45) is 0 Å². The first-order valence-electron chi connectivity index (χ1n) is 12.6. The molecule has 6 aromatic heterocycles. The van der Waals surface area contributed by atoms with Crippen LogP contribution in [0.5, 0.6) is 0 Å². The molecule has 0 saturated carbocycles. The Morgan fingerprint density at radius 1 is 0.535 bits per heavy atom. The van der Waals surface area contributed by atoms with Crippen molar-refractivity contribution in [3.63, 3.8) is 0 Å². The predicted molar refractivity (Wildman–Crippen MR) is 174 cm³/mol. The molecule has 0 amide bonds. The Morgan fingerprint density at radius 2 is 1.00 bits per heavy atom. The first kappa shape index (κ1) is 29.0. The second kappa shape index (κ2) is 10.4. The maximum Gasteiger partial charge on any atom is 0.380 e. The van der Waals surface area contributed by atoms with E-state index >= 15 is 26.3 Å². The van der Waals surface area contributed by atoms with Crippen molar-refractivity contribution >= 4 is 85.2 Å². The molecule has 0 unspecified atom stereocenters. The molecule has 0 N–H and O–H groups in total. The van der Waals surface area contributed by atoms with Gasteiger partial charge in [0.15, 0.2) is 0 Å². The molecule has 7 rings (SSSR count). The minimum absolute atomic E-state index is 0.241. The highest BCUT2D eigenvalue weighted by molar-refractivity contribution is 7.27. The van der Waals surface area contributed by atoms with Crippen molar-refractivity contribution in [2.45, 2.75) is 17.8 Å². The van der Waals surface area contributed by atoms with Gasteiger partial charge in [0.05, 0.1) is 9.75 Å². The van der Waals surface area contributed by atoms with Gasteiger partial charge < -0.3 is 0 Å². The average molecular weight is 695 g/mol. The Labute approximate surface area is 266 Å². The zero-order chi connectivity index (χ0) is 30.1. The molecule has 6 heterocycles. The summed E-state index contributed by atoms with van der Waals surface area (Å²) in [5, 5.41) is 5.26. The zero-order valence-corrected chi connectivity index (χ0v) is 26.4. The minimum Gasteiger partial charge on any atom is -0.194 e. The van der Waals surface area contributed by atoms with Gasteiger partial charge >= 0.3 is 17.8 Å². The molecule has 0 radical (unpaired) electrons. The molecule has 218 valence electrons. The van der Waals surface area contributed by atoms with Gasteiger partial charge in [-0.05, 0) is 58.6 Å². The molecule has 0 atom stereocenters. The van der Waals surface area contributed by atoms with E-state index in [9.17, 15) is 0 Å². The summed E-state index contributed by atoms with van der Waals surface area (Å²) < 4.78 is 95.1. The maximum atomic E-state index is 16.1. The maximum absolute atomic E-state index is 16.1. The number of halogens is 6. The number of thiophene rings is 6. The topological polar surface area (TPSA) is 0 Å². The first-order valence-corrected chi connectivity index (χ1v) is 17.6. The molecule has 0 bridgehead atoms. The van der Waals surface area contributed by atoms with E-state index in [0.29, 0.717) is 24.4 Å². The van der Waals surface area contributed by atoms with E-state index in [1.54, 1.807) is 70.7 Å². The molecule has 43 heavy (non-hydrogen) atoms. The van der Waals surface area contributed by atoms with Gasteiger partial charge in [-0.2, -0.15) is 26.3 Å². The fraction of sp³-hybridized carbons (Fsp3) is 0.0968. The molecule has 0 spiro atoms. The third-order valence-electron chi connectivity index (χ3n) is 6.99. The Balaban J connectivity index is 1.57. The van der Waals surface area contributed by atoms with E-state index in [2.05, 4.69) is 6.58 Å². The number of hydrogen-bond acceptors (Lipinski definition) is 6. The zero-order valence-electron chi connectivity index (χ0n) is 21.5. The molecular formula is C31H16F6S6. The van der Waals surface area contributed by atoms with Crippen LogP contribution < -0.4 is 0 Å². The van der Waals surface area contributed by atoms with E-state index in [1.807, 2.05) is 0 Å². The summed E-state index contributed by atoms with van der Waals surface area (Å²) in [6.45, 7) is 3.75. The Bertz CT molecular complexity index is 1960. The van der Waals surface area contributed by atoms with Crippen LogP contribution in [-0.2, 0) is 0 Å². The molecule has 0 fully saturated rings. The quantitative estimate of drug-likeness (QED) is 0.146. The molecular weight excluding hydrogens is 679 g/mol. The van der Waals surface area contributed by atoms with Crippen molar-refractivity contribution in [1.29, 1.82) is 0 Å². The molecule has 12 heteroatoms. The largest absolute Gasteiger partial charge is 0.380 e. The second-order valence-electron chi connectivity index (χ2n) is 9.52. The van der Waals surface area contributed by atoms with Crippen LogP contribution in [-0.4, -0.2) is 17.8 Å². The van der Waals surface area contributed by atoms with E-state index in [1.165, 1.54) is 57.5 Å². The smallest absolute Gasteiger partial charge is 0.194 e. The highest BCUT2D eigenvalue weighted by Gasteiger charge is 2.80. The van der Waals surface area contributed by atoms with Crippen molar-refractivity contribution in [1.82, 2.24) is 0 Å². The van der Waals surface area contributed by atoms with Crippen LogP contribution in [0.15, 0.2) is 83.4 Å². The lowest BCUT2D eigenvalue weighted by molar-refractivity contribution is -0.254. The number of allylic oxidation sites excluding steroid dienone is 2. The lowest BCUT2D eigenvalue weighted by Crippen LogP contribution is -2.48. The van der Waals surface area contributed by atoms with Crippen LogP contribution >= 0.6 is 68.0 Å².